The van der Waals surface area contributed by atoms with E-state index in [-0.39, 0.29) is 0 Å². The molecule has 2 rings (SSSR count). The number of allylic oxidation sites excluding steroid dienone is 1. The first-order valence-corrected chi connectivity index (χ1v) is 7.36. The molecule has 0 saturated carbocycles. The van der Waals surface area contributed by atoms with Crippen LogP contribution in [-0.2, 0) is 0 Å². The van der Waals surface area contributed by atoms with E-state index in [1.807, 2.05) is 0 Å². The van der Waals surface area contributed by atoms with Gasteiger partial charge in [0.2, 0.25) is 0 Å². The van der Waals surface area contributed by atoms with Crippen LogP contribution in [0.25, 0.3) is 0 Å². The Morgan fingerprint density at radius 3 is 2.68 bits per heavy atom. The molecule has 0 spiro atoms. The fourth-order valence-electron chi connectivity index (χ4n) is 2.84. The zero-order chi connectivity index (χ0) is 13.7. The topological polar surface area (TPSA) is 15.3 Å². The predicted molar refractivity (Wildman–Crippen MR) is 82.2 cm³/mol. The van der Waals surface area contributed by atoms with Crippen molar-refractivity contribution in [2.45, 2.75) is 32.9 Å². The van der Waals surface area contributed by atoms with Gasteiger partial charge < -0.3 is 5.32 Å². The van der Waals surface area contributed by atoms with Gasteiger partial charge in [-0.1, -0.05) is 56.3 Å². The van der Waals surface area contributed by atoms with E-state index in [4.69, 9.17) is 0 Å². The van der Waals surface area contributed by atoms with E-state index in [1.54, 1.807) is 0 Å². The Morgan fingerprint density at radius 1 is 1.32 bits per heavy atom. The molecule has 1 aromatic carbocycles. The first-order chi connectivity index (χ1) is 9.22. The largest absolute Gasteiger partial charge is 0.307 e. The van der Waals surface area contributed by atoms with Crippen molar-refractivity contribution in [3.8, 4) is 0 Å². The summed E-state index contributed by atoms with van der Waals surface area (Å²) < 4.78 is 0. The van der Waals surface area contributed by atoms with E-state index in [0.717, 1.165) is 19.6 Å². The van der Waals surface area contributed by atoms with Crippen LogP contribution in [0, 0.1) is 5.92 Å². The highest BCUT2D eigenvalue weighted by Crippen LogP contribution is 2.23. The Hall–Kier alpha value is -1.12. The van der Waals surface area contributed by atoms with Gasteiger partial charge in [0.25, 0.3) is 0 Å². The Kier molecular flexibility index (Phi) is 5.17. The average molecular weight is 258 g/mol. The summed E-state index contributed by atoms with van der Waals surface area (Å²) in [4.78, 5) is 2.61. The van der Waals surface area contributed by atoms with E-state index in [0.29, 0.717) is 18.0 Å². The SMILES string of the molecule is C/C=C/CN1CC(c2ccccc2)NCC1C(C)C. The molecule has 0 bridgehead atoms. The lowest BCUT2D eigenvalue weighted by molar-refractivity contribution is 0.111. The van der Waals surface area contributed by atoms with Gasteiger partial charge in [0.1, 0.15) is 0 Å². The minimum absolute atomic E-state index is 0.460. The second-order valence-corrected chi connectivity index (χ2v) is 5.71. The van der Waals surface area contributed by atoms with Crippen LogP contribution in [0.4, 0.5) is 0 Å². The average Bonchev–Trinajstić information content (AvgIpc) is 2.45. The van der Waals surface area contributed by atoms with Crippen molar-refractivity contribution in [3.63, 3.8) is 0 Å². The van der Waals surface area contributed by atoms with Crippen LogP contribution in [0.2, 0.25) is 0 Å². The maximum atomic E-state index is 3.71. The Bertz CT molecular complexity index is 397. The van der Waals surface area contributed by atoms with Crippen molar-refractivity contribution in [2.75, 3.05) is 19.6 Å². The number of nitrogens with one attached hydrogen (secondary N) is 1. The molecule has 19 heavy (non-hydrogen) atoms. The normalized spacial score (nSPS) is 25.3. The third-order valence-corrected chi connectivity index (χ3v) is 4.01. The monoisotopic (exact) mass is 258 g/mol. The molecule has 1 aliphatic heterocycles. The summed E-state index contributed by atoms with van der Waals surface area (Å²) in [6.07, 6.45) is 4.42. The number of hydrogen-bond acceptors (Lipinski definition) is 2. The van der Waals surface area contributed by atoms with Crippen molar-refractivity contribution in [1.29, 1.82) is 0 Å². The molecule has 2 unspecified atom stereocenters. The molecule has 2 nitrogen and oxygen atoms in total. The van der Waals surface area contributed by atoms with E-state index >= 15 is 0 Å². The highest BCUT2D eigenvalue weighted by atomic mass is 15.2. The lowest BCUT2D eigenvalue weighted by Gasteiger charge is -2.42. The minimum atomic E-state index is 0.460. The van der Waals surface area contributed by atoms with Crippen LogP contribution in [0.3, 0.4) is 0 Å². The summed E-state index contributed by atoms with van der Waals surface area (Å²) >= 11 is 0. The third kappa shape index (κ3) is 3.68. The lowest BCUT2D eigenvalue weighted by Crippen LogP contribution is -2.54. The zero-order valence-corrected chi connectivity index (χ0v) is 12.3. The number of nitrogens with zero attached hydrogens (tertiary/aromatic N) is 1. The van der Waals surface area contributed by atoms with Gasteiger partial charge in [-0.05, 0) is 18.4 Å². The smallest absolute Gasteiger partial charge is 0.0450 e. The molecule has 0 radical (unpaired) electrons. The molecule has 1 N–H and O–H groups in total. The molecule has 1 saturated heterocycles. The Morgan fingerprint density at radius 2 is 2.05 bits per heavy atom. The van der Waals surface area contributed by atoms with E-state index in [9.17, 15) is 0 Å². The molecule has 0 amide bonds. The fourth-order valence-corrected chi connectivity index (χ4v) is 2.84. The van der Waals surface area contributed by atoms with Gasteiger partial charge in [-0.15, -0.1) is 0 Å². The van der Waals surface area contributed by atoms with Gasteiger partial charge in [0.15, 0.2) is 0 Å². The van der Waals surface area contributed by atoms with E-state index in [2.05, 4.69) is 73.5 Å². The maximum Gasteiger partial charge on any atom is 0.0450 e. The predicted octanol–water partition coefficient (Wildman–Crippen LogP) is 3.23. The molecule has 1 aromatic rings. The van der Waals surface area contributed by atoms with Crippen molar-refractivity contribution >= 4 is 0 Å². The summed E-state index contributed by atoms with van der Waals surface area (Å²) in [5, 5.41) is 3.71. The molecule has 2 atom stereocenters. The molecule has 0 aliphatic carbocycles. The van der Waals surface area contributed by atoms with Gasteiger partial charge in [0, 0.05) is 31.7 Å². The first kappa shape index (κ1) is 14.3. The second kappa shape index (κ2) is 6.88. The van der Waals surface area contributed by atoms with Crippen LogP contribution in [0.1, 0.15) is 32.4 Å². The summed E-state index contributed by atoms with van der Waals surface area (Å²) in [6, 6.07) is 11.9. The van der Waals surface area contributed by atoms with Gasteiger partial charge in [0.05, 0.1) is 0 Å². The van der Waals surface area contributed by atoms with E-state index in [1.165, 1.54) is 5.56 Å². The number of benzene rings is 1. The first-order valence-electron chi connectivity index (χ1n) is 7.36. The minimum Gasteiger partial charge on any atom is -0.307 e. The fraction of sp³-hybridized carbons (Fsp3) is 0.529. The molecular weight excluding hydrogens is 232 g/mol. The van der Waals surface area contributed by atoms with Crippen LogP contribution >= 0.6 is 0 Å². The van der Waals surface area contributed by atoms with Crippen LogP contribution in [0.5, 0.6) is 0 Å². The summed E-state index contributed by atoms with van der Waals surface area (Å²) in [5.41, 5.74) is 1.40. The lowest BCUT2D eigenvalue weighted by atomic mass is 9.95. The van der Waals surface area contributed by atoms with Gasteiger partial charge in [-0.2, -0.15) is 0 Å². The highest BCUT2D eigenvalue weighted by molar-refractivity contribution is 5.20. The Labute approximate surface area is 117 Å². The van der Waals surface area contributed by atoms with Crippen molar-refractivity contribution in [3.05, 3.63) is 48.0 Å². The molecule has 0 aromatic heterocycles. The van der Waals surface area contributed by atoms with Crippen LogP contribution < -0.4 is 5.32 Å². The summed E-state index contributed by atoms with van der Waals surface area (Å²) in [7, 11) is 0. The molecule has 104 valence electrons. The van der Waals surface area contributed by atoms with Crippen molar-refractivity contribution in [2.24, 2.45) is 5.92 Å². The molecule has 1 aliphatic rings. The number of hydrogen-bond donors (Lipinski definition) is 1. The number of rotatable bonds is 4. The van der Waals surface area contributed by atoms with Crippen molar-refractivity contribution in [1.82, 2.24) is 10.2 Å². The van der Waals surface area contributed by atoms with Gasteiger partial charge >= 0.3 is 0 Å². The Balaban J connectivity index is 2.08. The number of piperazine rings is 1. The van der Waals surface area contributed by atoms with Crippen LogP contribution in [0.15, 0.2) is 42.5 Å². The summed E-state index contributed by atoms with van der Waals surface area (Å²) in [6.45, 7) is 9.97. The standard InChI is InChI=1S/C17H26N2/c1-4-5-11-19-13-16(15-9-7-6-8-10-15)18-12-17(19)14(2)3/h4-10,14,16-18H,11-13H2,1-3H3/b5-4+. The molecule has 1 fully saturated rings. The highest BCUT2D eigenvalue weighted by Gasteiger charge is 2.29. The maximum absolute atomic E-state index is 3.71. The van der Waals surface area contributed by atoms with Gasteiger partial charge in [-0.25, -0.2) is 0 Å². The van der Waals surface area contributed by atoms with E-state index < -0.39 is 0 Å². The zero-order valence-electron chi connectivity index (χ0n) is 12.3. The second-order valence-electron chi connectivity index (χ2n) is 5.71. The van der Waals surface area contributed by atoms with Crippen LogP contribution in [-0.4, -0.2) is 30.6 Å². The van der Waals surface area contributed by atoms with Crippen molar-refractivity contribution < 1.29 is 0 Å². The third-order valence-electron chi connectivity index (χ3n) is 4.01. The molecular formula is C17H26N2. The quantitative estimate of drug-likeness (QED) is 0.834. The molecule has 2 heteroatoms. The van der Waals surface area contributed by atoms with Gasteiger partial charge in [-0.3, -0.25) is 4.90 Å². The summed E-state index contributed by atoms with van der Waals surface area (Å²) in [5.74, 6) is 0.689. The molecule has 1 heterocycles.